The molecule has 52 valence electrons. The Labute approximate surface area is 53.5 Å². The van der Waals surface area contributed by atoms with E-state index in [9.17, 15) is 13.2 Å². The molecule has 0 atom stereocenters. The fourth-order valence-electron chi connectivity index (χ4n) is 0.645. The number of amides is 1. The summed E-state index contributed by atoms with van der Waals surface area (Å²) in [4.78, 5) is 10.4. The van der Waals surface area contributed by atoms with Crippen LogP contribution < -0.4 is 0 Å². The third-order valence-electron chi connectivity index (χ3n) is 1.21. The van der Waals surface area contributed by atoms with Crippen LogP contribution >= 0.6 is 0 Å². The lowest BCUT2D eigenvalue weighted by Gasteiger charge is -2.27. The molecule has 1 aliphatic heterocycles. The second-order valence-electron chi connectivity index (χ2n) is 1.98. The van der Waals surface area contributed by atoms with E-state index < -0.39 is 10.0 Å². The largest absolute Gasteiger partial charge is 0.274 e. The molecule has 5 heteroatoms. The molecule has 4 nitrogen and oxygen atoms in total. The predicted octanol–water partition coefficient (Wildman–Crippen LogP) is -0.822. The van der Waals surface area contributed by atoms with E-state index in [1.54, 1.807) is 0 Å². The van der Waals surface area contributed by atoms with Gasteiger partial charge in [0, 0.05) is 13.0 Å². The van der Waals surface area contributed by atoms with Crippen LogP contribution in [-0.2, 0) is 14.8 Å². The Morgan fingerprint density at radius 2 is 2.11 bits per heavy atom. The molecule has 1 heterocycles. The number of carbonyl (C=O) groups excluding carboxylic acids is 1. The van der Waals surface area contributed by atoms with E-state index in [0.717, 1.165) is 10.6 Å². The molecule has 1 fully saturated rings. The van der Waals surface area contributed by atoms with Crippen molar-refractivity contribution in [1.29, 1.82) is 0 Å². The van der Waals surface area contributed by atoms with Crippen molar-refractivity contribution in [2.45, 2.75) is 6.42 Å². The van der Waals surface area contributed by atoms with Gasteiger partial charge in [-0.15, -0.1) is 0 Å². The van der Waals surface area contributed by atoms with Crippen LogP contribution in [0.15, 0.2) is 0 Å². The van der Waals surface area contributed by atoms with Gasteiger partial charge in [-0.25, -0.2) is 12.7 Å². The molecule has 0 saturated carbocycles. The Kier molecular flexibility index (Phi) is 1.23. The van der Waals surface area contributed by atoms with Crippen LogP contribution in [0.1, 0.15) is 6.42 Å². The quantitative estimate of drug-likeness (QED) is 0.458. The minimum absolute atomic E-state index is 0.294. The van der Waals surface area contributed by atoms with Gasteiger partial charge in [0.15, 0.2) is 0 Å². The van der Waals surface area contributed by atoms with Gasteiger partial charge in [-0.1, -0.05) is 0 Å². The van der Waals surface area contributed by atoms with Crippen molar-refractivity contribution >= 4 is 15.9 Å². The summed E-state index contributed by atoms with van der Waals surface area (Å²) in [6.07, 6.45) is 1.40. The van der Waals surface area contributed by atoms with Crippen molar-refractivity contribution in [3.63, 3.8) is 0 Å². The molecule has 0 N–H and O–H groups in total. The van der Waals surface area contributed by atoms with Crippen LogP contribution in [0.5, 0.6) is 0 Å². The lowest BCUT2D eigenvalue weighted by Crippen LogP contribution is -2.46. The number of sulfonamides is 1. The minimum Gasteiger partial charge on any atom is -0.274 e. The van der Waals surface area contributed by atoms with Crippen molar-refractivity contribution in [2.24, 2.45) is 0 Å². The van der Waals surface area contributed by atoms with Crippen molar-refractivity contribution in [3.8, 4) is 0 Å². The van der Waals surface area contributed by atoms with Gasteiger partial charge in [0.25, 0.3) is 0 Å². The molecule has 0 radical (unpaired) electrons. The highest BCUT2D eigenvalue weighted by Gasteiger charge is 2.31. The van der Waals surface area contributed by atoms with Gasteiger partial charge in [-0.3, -0.25) is 4.79 Å². The maximum Gasteiger partial charge on any atom is 0.237 e. The van der Waals surface area contributed by atoms with E-state index in [1.807, 2.05) is 0 Å². The number of β-lactam (4-membered cyclic amide) rings is 1. The summed E-state index contributed by atoms with van der Waals surface area (Å²) in [5.41, 5.74) is 0. The molecule has 0 bridgehead atoms. The monoisotopic (exact) mass is 149 g/mol. The summed E-state index contributed by atoms with van der Waals surface area (Å²) in [5, 5.41) is 0. The molecular formula is C4H7NO3S. The fraction of sp³-hybridized carbons (Fsp3) is 0.750. The second-order valence-corrected chi connectivity index (χ2v) is 3.89. The lowest BCUT2D eigenvalue weighted by atomic mass is 10.3. The molecule has 0 unspecified atom stereocenters. The molecule has 0 aromatic rings. The van der Waals surface area contributed by atoms with Gasteiger partial charge < -0.3 is 0 Å². The Bertz CT molecular complexity index is 230. The smallest absolute Gasteiger partial charge is 0.237 e. The summed E-state index contributed by atoms with van der Waals surface area (Å²) in [6, 6.07) is 0. The standard InChI is InChI=1S/C4H7NO3S/c1-9(7,8)5-3-2-4(5)6/h2-3H2,1H3. The third-order valence-corrected chi connectivity index (χ3v) is 2.39. The summed E-state index contributed by atoms with van der Waals surface area (Å²) >= 11 is 0. The zero-order valence-corrected chi connectivity index (χ0v) is 5.81. The number of hydrogen-bond donors (Lipinski definition) is 0. The van der Waals surface area contributed by atoms with Gasteiger partial charge in [-0.05, 0) is 0 Å². The summed E-state index contributed by atoms with van der Waals surface area (Å²) in [6.45, 7) is 0.359. The van der Waals surface area contributed by atoms with Crippen LogP contribution in [-0.4, -0.2) is 31.4 Å². The van der Waals surface area contributed by atoms with Crippen LogP contribution in [0.4, 0.5) is 0 Å². The van der Waals surface area contributed by atoms with Crippen molar-refractivity contribution in [3.05, 3.63) is 0 Å². The maximum atomic E-state index is 10.5. The average molecular weight is 149 g/mol. The first-order valence-electron chi connectivity index (χ1n) is 2.52. The molecule has 0 spiro atoms. The number of rotatable bonds is 1. The molecule has 9 heavy (non-hydrogen) atoms. The topological polar surface area (TPSA) is 54.5 Å². The number of hydrogen-bond acceptors (Lipinski definition) is 3. The van der Waals surface area contributed by atoms with Gasteiger partial charge in [0.2, 0.25) is 15.9 Å². The predicted molar refractivity (Wildman–Crippen MR) is 31.2 cm³/mol. The average Bonchev–Trinajstić information content (AvgIpc) is 1.57. The second kappa shape index (κ2) is 1.70. The normalized spacial score (nSPS) is 19.7. The first kappa shape index (κ1) is 6.54. The molecule has 0 aromatic heterocycles. The summed E-state index contributed by atoms with van der Waals surface area (Å²) in [5.74, 6) is -0.294. The first-order chi connectivity index (χ1) is 4.02. The minimum atomic E-state index is -3.23. The lowest BCUT2D eigenvalue weighted by molar-refractivity contribution is -0.133. The van der Waals surface area contributed by atoms with E-state index in [-0.39, 0.29) is 5.91 Å². The SMILES string of the molecule is CS(=O)(=O)N1CCC1=O. The van der Waals surface area contributed by atoms with E-state index in [0.29, 0.717) is 13.0 Å². The Balaban J connectivity index is 2.77. The Hall–Kier alpha value is -0.580. The highest BCUT2D eigenvalue weighted by Crippen LogP contribution is 2.11. The number of carbonyl (C=O) groups is 1. The van der Waals surface area contributed by atoms with Crippen molar-refractivity contribution in [2.75, 3.05) is 12.8 Å². The summed E-state index contributed by atoms with van der Waals surface area (Å²) < 4.78 is 21.9. The molecule has 0 aromatic carbocycles. The van der Waals surface area contributed by atoms with Crippen LogP contribution in [0.25, 0.3) is 0 Å². The van der Waals surface area contributed by atoms with E-state index in [4.69, 9.17) is 0 Å². The Morgan fingerprint density at radius 3 is 2.11 bits per heavy atom. The van der Waals surface area contributed by atoms with E-state index in [1.165, 1.54) is 0 Å². The van der Waals surface area contributed by atoms with Crippen LogP contribution in [0, 0.1) is 0 Å². The third kappa shape index (κ3) is 1.05. The van der Waals surface area contributed by atoms with Crippen molar-refractivity contribution < 1.29 is 13.2 Å². The van der Waals surface area contributed by atoms with Crippen LogP contribution in [0.3, 0.4) is 0 Å². The van der Waals surface area contributed by atoms with E-state index in [2.05, 4.69) is 0 Å². The highest BCUT2D eigenvalue weighted by atomic mass is 32.2. The van der Waals surface area contributed by atoms with Gasteiger partial charge in [-0.2, -0.15) is 0 Å². The molecule has 1 aliphatic rings. The maximum absolute atomic E-state index is 10.5. The van der Waals surface area contributed by atoms with Gasteiger partial charge in [0.05, 0.1) is 6.26 Å². The molecule has 0 aliphatic carbocycles. The Morgan fingerprint density at radius 1 is 1.56 bits per heavy atom. The highest BCUT2D eigenvalue weighted by molar-refractivity contribution is 7.89. The molecule has 1 saturated heterocycles. The van der Waals surface area contributed by atoms with Crippen molar-refractivity contribution in [1.82, 2.24) is 4.31 Å². The van der Waals surface area contributed by atoms with Gasteiger partial charge in [0.1, 0.15) is 0 Å². The fourth-order valence-corrected chi connectivity index (χ4v) is 1.53. The molecule has 1 amide bonds. The zero-order valence-electron chi connectivity index (χ0n) is 4.99. The molecule has 1 rings (SSSR count). The first-order valence-corrected chi connectivity index (χ1v) is 4.37. The van der Waals surface area contributed by atoms with Crippen LogP contribution in [0.2, 0.25) is 0 Å². The summed E-state index contributed by atoms with van der Waals surface area (Å²) in [7, 11) is -3.23. The molecular weight excluding hydrogens is 142 g/mol. The number of nitrogens with zero attached hydrogens (tertiary/aromatic N) is 1. The zero-order chi connectivity index (χ0) is 7.07. The van der Waals surface area contributed by atoms with Gasteiger partial charge >= 0.3 is 0 Å². The van der Waals surface area contributed by atoms with E-state index >= 15 is 0 Å².